The van der Waals surface area contributed by atoms with E-state index in [0.29, 0.717) is 64.2 Å². The summed E-state index contributed by atoms with van der Waals surface area (Å²) >= 11 is 0. The smallest absolute Gasteiger partial charge is 0.312 e. The van der Waals surface area contributed by atoms with Crippen molar-refractivity contribution in [2.75, 3.05) is 45.2 Å². The van der Waals surface area contributed by atoms with Crippen LogP contribution in [0.25, 0.3) is 10.8 Å². The summed E-state index contributed by atoms with van der Waals surface area (Å²) < 4.78 is 18.8. The first-order valence-electron chi connectivity index (χ1n) is 26.5. The van der Waals surface area contributed by atoms with Crippen LogP contribution in [0.15, 0.2) is 76.5 Å². The third-order valence-electron chi connectivity index (χ3n) is 15.8. The van der Waals surface area contributed by atoms with E-state index >= 15 is 0 Å². The molecule has 0 saturated carbocycles. The Labute approximate surface area is 445 Å². The fourth-order valence-corrected chi connectivity index (χ4v) is 11.2. The number of nitrogens with one attached hydrogen (secondary N) is 1. The topological polar surface area (TPSA) is 261 Å². The molecule has 5 bridgehead atoms. The number of Topliss-reactive ketones (excluding diaryl/α,β-unsaturated/α-hetero) is 1. The number of phenols is 2. The summed E-state index contributed by atoms with van der Waals surface area (Å²) in [5, 5.41) is 65.1. The molecule has 6 aliphatic rings. The highest BCUT2D eigenvalue weighted by Crippen LogP contribution is 2.50. The highest BCUT2D eigenvalue weighted by Gasteiger charge is 2.50. The van der Waals surface area contributed by atoms with E-state index in [0.717, 1.165) is 19.4 Å². The average Bonchev–Trinajstić information content (AvgIpc) is 3.90. The maximum atomic E-state index is 14.9. The molecular weight excluding hydrogens is 975 g/mol. The zero-order valence-corrected chi connectivity index (χ0v) is 45.7. The van der Waals surface area contributed by atoms with Crippen molar-refractivity contribution >= 4 is 40.5 Å². The number of aliphatic hydroxyl groups excluding tert-OH is 3. The number of anilines is 1. The third kappa shape index (κ3) is 12.6. The lowest BCUT2D eigenvalue weighted by Crippen LogP contribution is -2.45. The monoisotopic (exact) mass is 1050 g/mol. The van der Waals surface area contributed by atoms with Crippen LogP contribution in [0.1, 0.15) is 110 Å². The van der Waals surface area contributed by atoms with Gasteiger partial charge in [0.25, 0.3) is 18.2 Å². The van der Waals surface area contributed by atoms with E-state index < -0.39 is 58.9 Å². The van der Waals surface area contributed by atoms with E-state index in [-0.39, 0.29) is 92.1 Å². The van der Waals surface area contributed by atoms with Crippen LogP contribution in [-0.4, -0.2) is 134 Å². The molecule has 3 aromatic carbocycles. The van der Waals surface area contributed by atoms with Gasteiger partial charge >= 0.3 is 5.79 Å². The molecule has 6 aliphatic heterocycles. The molecule has 1 unspecified atom stereocenters. The number of para-hydroxylation sites is 1. The van der Waals surface area contributed by atoms with Crippen LogP contribution in [0.4, 0.5) is 5.69 Å². The summed E-state index contributed by atoms with van der Waals surface area (Å²) in [5.41, 5.74) is -0.444. The highest BCUT2D eigenvalue weighted by atomic mass is 16.7. The number of benzene rings is 3. The first-order chi connectivity index (χ1) is 36.1. The molecule has 2 fully saturated rings. The van der Waals surface area contributed by atoms with Gasteiger partial charge in [-0.15, -0.1) is 0 Å². The van der Waals surface area contributed by atoms with Crippen LogP contribution >= 0.6 is 0 Å². The van der Waals surface area contributed by atoms with Crippen molar-refractivity contribution < 1.29 is 64.0 Å². The van der Waals surface area contributed by atoms with Crippen LogP contribution in [-0.2, 0) is 19.1 Å². The molecule has 6 heterocycles. The number of ether oxygens (including phenoxy) is 3. The van der Waals surface area contributed by atoms with E-state index in [1.54, 1.807) is 45.1 Å². The molecule has 0 radical (unpaired) electrons. The Kier molecular flexibility index (Phi) is 19.5. The van der Waals surface area contributed by atoms with Gasteiger partial charge in [-0.2, -0.15) is 0 Å². The Balaban J connectivity index is 0.00000181. The number of amides is 2. The Morgan fingerprint density at radius 3 is 2.18 bits per heavy atom. The van der Waals surface area contributed by atoms with Gasteiger partial charge in [-0.25, -0.2) is 0 Å². The number of aliphatic hydroxyl groups is 3. The number of allylic oxidation sites excluding steroid dienone is 3. The number of nitrogens with zero attached hydrogens (tertiary/aromatic N) is 4. The van der Waals surface area contributed by atoms with Crippen LogP contribution in [0, 0.1) is 42.4 Å². The second-order valence-corrected chi connectivity index (χ2v) is 21.6. The van der Waals surface area contributed by atoms with Crippen molar-refractivity contribution in [3.8, 4) is 23.0 Å². The Hall–Kier alpha value is -6.34. The molecule has 8 atom stereocenters. The fourth-order valence-electron chi connectivity index (χ4n) is 11.2. The van der Waals surface area contributed by atoms with Gasteiger partial charge in [0.05, 0.1) is 34.8 Å². The zero-order valence-electron chi connectivity index (χ0n) is 45.7. The number of fused-ring (bicyclic) bond motifs is 13. The van der Waals surface area contributed by atoms with Crippen molar-refractivity contribution in [3.63, 3.8) is 0 Å². The van der Waals surface area contributed by atoms with Gasteiger partial charge in [0.15, 0.2) is 11.4 Å². The second-order valence-electron chi connectivity index (χ2n) is 21.6. The maximum Gasteiger partial charge on any atom is 0.312 e. The van der Waals surface area contributed by atoms with E-state index in [1.165, 1.54) is 13.2 Å². The molecule has 2 saturated heterocycles. The average molecular weight is 1050 g/mol. The SMILES string of the molecule is C/C1=C/C=C/[C@H](C)[C@H](O)[C@@H](C)[C@@H](O)[C@@H](C)C(CC(=O)N2CCC(Oc3ccccc3)CC2)[C@H](C)C/C=C/O[C@@]2(C)Oc3c(C)c(O)c4c(O)c(c5c(c4c3C2=O)=NC2(CCN(CC(C)C)CC2)N=5)NC1=O.CO.O=CO. The molecule has 1 spiro atoms. The predicted molar refractivity (Wildman–Crippen MR) is 288 cm³/mol. The summed E-state index contributed by atoms with van der Waals surface area (Å²) in [6.07, 6.45) is 9.37. The standard InChI is InChI=1S/C56H73N5O10.CH2O2.CH4O/c1-31(2)30-60-26-22-56(23-27-60)58-45-42-43-50(65)37(8)52-44(42)53(67)55(9,71-52)69-28-14-17-32(3)40(29-41(62)61-24-20-39(21-25-61)70-38-18-11-10-12-19-38)35(6)49(64)36(7)48(63)33(4)15-13-16-34(5)54(68)57-47(51(43)66)46(45)59-56;2-1-3;1-2/h10-16,18-19,28,31-33,35-36,39-40,48-49,63-66H,17,20-27,29-30H2,1-9H3,(H,57,68);1H,(H,2,3);2H,1H3/b15-13+,28-14+,34-16-;;/t32-,33+,35+,36-,40?,48+,49+,55+;;/m1../s1. The van der Waals surface area contributed by atoms with Crippen LogP contribution in [0.2, 0.25) is 0 Å². The minimum absolute atomic E-state index is 0.00583. The number of carbonyl (C=O) groups is 4. The zero-order chi connectivity index (χ0) is 55.8. The number of phenolic OH excluding ortho intramolecular Hbond substituents is 2. The molecule has 2 amide bonds. The molecular formula is C58H79N5O13. The molecule has 414 valence electrons. The minimum atomic E-state index is -1.89. The lowest BCUT2D eigenvalue weighted by atomic mass is 9.72. The molecule has 7 N–H and O–H groups in total. The van der Waals surface area contributed by atoms with E-state index in [9.17, 15) is 34.8 Å². The number of aromatic hydroxyl groups is 2. The molecule has 3 aromatic rings. The summed E-state index contributed by atoms with van der Waals surface area (Å²) in [7, 11) is 1.00. The number of ketones is 1. The van der Waals surface area contributed by atoms with Gasteiger partial charge in [0.1, 0.15) is 34.4 Å². The molecule has 76 heavy (non-hydrogen) atoms. The summed E-state index contributed by atoms with van der Waals surface area (Å²) in [6.45, 7) is 19.8. The van der Waals surface area contributed by atoms with E-state index in [1.807, 2.05) is 56.0 Å². The number of carbonyl (C=O) groups excluding carboxylic acids is 3. The Bertz CT molecular complexity index is 2800. The van der Waals surface area contributed by atoms with Crippen LogP contribution < -0.4 is 25.5 Å². The Morgan fingerprint density at radius 2 is 1.55 bits per heavy atom. The van der Waals surface area contributed by atoms with Gasteiger partial charge in [-0.1, -0.05) is 78.0 Å². The largest absolute Gasteiger partial charge is 0.507 e. The summed E-state index contributed by atoms with van der Waals surface area (Å²) in [6, 6.07) is 9.68. The third-order valence-corrected chi connectivity index (χ3v) is 15.8. The number of carboxylic acid groups (broad SMARTS) is 1. The van der Waals surface area contributed by atoms with E-state index in [4.69, 9.17) is 39.2 Å². The van der Waals surface area contributed by atoms with Crippen molar-refractivity contribution in [1.82, 2.24) is 9.80 Å². The number of piperidine rings is 2. The normalized spacial score (nSPS) is 28.5. The molecule has 18 nitrogen and oxygen atoms in total. The summed E-state index contributed by atoms with van der Waals surface area (Å²) in [4.78, 5) is 66.1. The number of rotatable bonds is 6. The molecule has 18 heteroatoms. The predicted octanol–water partition coefficient (Wildman–Crippen LogP) is 6.58. The van der Waals surface area contributed by atoms with Gasteiger partial charge in [-0.05, 0) is 62.1 Å². The van der Waals surface area contributed by atoms with Gasteiger partial charge in [0, 0.05) is 107 Å². The maximum absolute atomic E-state index is 14.9. The fraction of sp³-hybridized carbons (Fsp3) is 0.552. The van der Waals surface area contributed by atoms with Gasteiger partial charge in [0.2, 0.25) is 5.91 Å². The first-order valence-corrected chi connectivity index (χ1v) is 26.5. The van der Waals surface area contributed by atoms with Crippen molar-refractivity contribution in [3.05, 3.63) is 88.3 Å². The van der Waals surface area contributed by atoms with Crippen molar-refractivity contribution in [2.45, 2.75) is 131 Å². The Morgan fingerprint density at radius 1 is 0.921 bits per heavy atom. The van der Waals surface area contributed by atoms with Crippen molar-refractivity contribution in [2.24, 2.45) is 45.5 Å². The summed E-state index contributed by atoms with van der Waals surface area (Å²) in [5.74, 6) is -4.42. The molecule has 0 aromatic heterocycles. The minimum Gasteiger partial charge on any atom is -0.507 e. The quantitative estimate of drug-likeness (QED) is 0.102. The second kappa shape index (κ2) is 25.2. The number of hydrogen-bond donors (Lipinski definition) is 7. The van der Waals surface area contributed by atoms with Gasteiger partial charge in [-0.3, -0.25) is 29.2 Å². The molecule has 0 aliphatic carbocycles. The van der Waals surface area contributed by atoms with E-state index in [2.05, 4.69) is 24.1 Å². The van der Waals surface area contributed by atoms with Gasteiger partial charge < -0.3 is 60.0 Å². The highest BCUT2D eigenvalue weighted by molar-refractivity contribution is 6.19. The number of hydrogen-bond acceptors (Lipinski definition) is 15. The first kappa shape index (κ1) is 58.9. The van der Waals surface area contributed by atoms with Crippen LogP contribution in [0.5, 0.6) is 23.0 Å². The lowest BCUT2D eigenvalue weighted by molar-refractivity contribution is -0.136. The number of likely N-dealkylation sites (tertiary alicyclic amines) is 2. The van der Waals surface area contributed by atoms with Crippen LogP contribution in [0.3, 0.4) is 0 Å². The van der Waals surface area contributed by atoms with Crippen molar-refractivity contribution in [1.29, 1.82) is 0 Å². The molecule has 9 rings (SSSR count). The lowest BCUT2D eigenvalue weighted by Gasteiger charge is -2.38.